The van der Waals surface area contributed by atoms with Crippen molar-refractivity contribution in [3.63, 3.8) is 0 Å². The SMILES string of the molecule is C[C@H]1CC[C@]2(Cc3nc(OCCC45CCCN4C[C@H](F)C5)nc(N4C(CCO)C[C@H]4CO)c3CO2)c2c1ccc(N)c2C#N. The number of benzene rings is 1. The molecule has 3 fully saturated rings. The standard InChI is InChI=1S/C33H43FN6O4/c1-20-5-8-33(29-24(20)3-4-27(36)25(29)16-35)15-28-26(19-44-33)30(40-22(6-11-41)13-23(40)18-42)38-31(37-28)43-12-9-32-7-2-10-39(32)17-21(34)14-32/h3-4,20-23,41-42H,2,5-15,17-19,36H2,1H3/t20-,21+,22?,23-,32?,33-/m0/s1. The van der Waals surface area contributed by atoms with E-state index in [-0.39, 0.29) is 49.4 Å². The van der Waals surface area contributed by atoms with Gasteiger partial charge in [0.1, 0.15) is 23.7 Å². The van der Waals surface area contributed by atoms with Crippen molar-refractivity contribution in [1.29, 1.82) is 5.26 Å². The Balaban J connectivity index is 1.25. The number of nitrogen functional groups attached to an aromatic ring is 1. The number of hydrogen-bond donors (Lipinski definition) is 3. The van der Waals surface area contributed by atoms with Gasteiger partial charge in [0.05, 0.1) is 37.1 Å². The number of nitriles is 1. The maximum absolute atomic E-state index is 14.4. The molecule has 6 atom stereocenters. The molecule has 0 bridgehead atoms. The second-order valence-electron chi connectivity index (χ2n) is 13.6. The van der Waals surface area contributed by atoms with Gasteiger partial charge in [0.25, 0.3) is 0 Å². The molecule has 1 aliphatic carbocycles. The van der Waals surface area contributed by atoms with Crippen molar-refractivity contribution >= 4 is 11.5 Å². The van der Waals surface area contributed by atoms with Crippen LogP contribution < -0.4 is 15.4 Å². The second kappa shape index (κ2) is 11.4. The Kier molecular flexibility index (Phi) is 7.68. The number of ether oxygens (including phenoxy) is 2. The van der Waals surface area contributed by atoms with Gasteiger partial charge in [-0.05, 0) is 69.0 Å². The van der Waals surface area contributed by atoms with Gasteiger partial charge >= 0.3 is 6.01 Å². The van der Waals surface area contributed by atoms with E-state index in [4.69, 9.17) is 25.2 Å². The topological polar surface area (TPSA) is 141 Å². The molecule has 0 radical (unpaired) electrons. The summed E-state index contributed by atoms with van der Waals surface area (Å²) in [6.07, 6.45) is 5.91. The molecule has 2 unspecified atom stereocenters. The van der Waals surface area contributed by atoms with Crippen LogP contribution in [0.15, 0.2) is 12.1 Å². The van der Waals surface area contributed by atoms with Crippen LogP contribution in [-0.4, -0.2) is 81.8 Å². The molecular formula is C33H43FN6O4. The normalized spacial score (nSPS) is 32.6. The minimum absolute atomic E-state index is 0.0273. The van der Waals surface area contributed by atoms with Gasteiger partial charge in [-0.2, -0.15) is 15.2 Å². The van der Waals surface area contributed by atoms with Gasteiger partial charge in [-0.25, -0.2) is 4.39 Å². The van der Waals surface area contributed by atoms with E-state index in [0.29, 0.717) is 55.9 Å². The van der Waals surface area contributed by atoms with E-state index in [2.05, 4.69) is 22.8 Å². The molecule has 0 amide bonds. The van der Waals surface area contributed by atoms with E-state index >= 15 is 0 Å². The Labute approximate surface area is 258 Å². The van der Waals surface area contributed by atoms with Gasteiger partial charge in [0.2, 0.25) is 0 Å². The Bertz CT molecular complexity index is 1470. The fourth-order valence-electron chi connectivity index (χ4n) is 8.87. The van der Waals surface area contributed by atoms with Gasteiger partial charge in [-0.15, -0.1) is 0 Å². The highest BCUT2D eigenvalue weighted by Crippen LogP contribution is 2.52. The summed E-state index contributed by atoms with van der Waals surface area (Å²) in [5.74, 6) is 0.944. The smallest absolute Gasteiger partial charge is 0.318 e. The molecule has 1 spiro atoms. The Morgan fingerprint density at radius 3 is 2.91 bits per heavy atom. The third kappa shape index (κ3) is 4.73. The van der Waals surface area contributed by atoms with Crippen LogP contribution in [0.4, 0.5) is 15.9 Å². The average molecular weight is 607 g/mol. The van der Waals surface area contributed by atoms with Crippen LogP contribution in [0.25, 0.3) is 0 Å². The number of aromatic nitrogens is 2. The molecule has 10 nitrogen and oxygen atoms in total. The first-order chi connectivity index (χ1) is 21.3. The number of rotatable bonds is 8. The second-order valence-corrected chi connectivity index (χ2v) is 13.6. The number of aliphatic hydroxyl groups is 2. The van der Waals surface area contributed by atoms with Crippen LogP contribution in [-0.2, 0) is 23.4 Å². The summed E-state index contributed by atoms with van der Waals surface area (Å²) in [6.45, 7) is 4.24. The van der Waals surface area contributed by atoms with Crippen molar-refractivity contribution < 1.29 is 24.1 Å². The number of nitrogens with zero attached hydrogens (tertiary/aromatic N) is 5. The first-order valence-electron chi connectivity index (χ1n) is 16.2. The predicted octanol–water partition coefficient (Wildman–Crippen LogP) is 3.46. The zero-order valence-corrected chi connectivity index (χ0v) is 25.5. The quantitative estimate of drug-likeness (QED) is 0.383. The van der Waals surface area contributed by atoms with Crippen molar-refractivity contribution in [3.05, 3.63) is 40.1 Å². The molecular weight excluding hydrogens is 563 g/mol. The summed E-state index contributed by atoms with van der Waals surface area (Å²) in [4.78, 5) is 14.2. The minimum Gasteiger partial charge on any atom is -0.463 e. The maximum Gasteiger partial charge on any atom is 0.318 e. The van der Waals surface area contributed by atoms with Crippen LogP contribution in [0.3, 0.4) is 0 Å². The predicted molar refractivity (Wildman–Crippen MR) is 162 cm³/mol. The van der Waals surface area contributed by atoms with Crippen molar-refractivity contribution in [2.75, 3.05) is 43.5 Å². The minimum atomic E-state index is -0.795. The Hall–Kier alpha value is -3.04. The molecule has 0 saturated carbocycles. The van der Waals surface area contributed by atoms with Crippen molar-refractivity contribution in [1.82, 2.24) is 14.9 Å². The highest BCUT2D eigenvalue weighted by molar-refractivity contribution is 5.64. The Morgan fingerprint density at radius 2 is 2.11 bits per heavy atom. The van der Waals surface area contributed by atoms with E-state index < -0.39 is 11.8 Å². The fraction of sp³-hybridized carbons (Fsp3) is 0.667. The fourth-order valence-corrected chi connectivity index (χ4v) is 8.87. The Morgan fingerprint density at radius 1 is 1.25 bits per heavy atom. The number of anilines is 2. The number of aliphatic hydroxyl groups excluding tert-OH is 2. The molecule has 4 N–H and O–H groups in total. The summed E-state index contributed by atoms with van der Waals surface area (Å²) in [5, 5.41) is 30.1. The largest absolute Gasteiger partial charge is 0.463 e. The third-order valence-corrected chi connectivity index (χ3v) is 11.2. The molecule has 2 aromatic rings. The number of hydrogen-bond acceptors (Lipinski definition) is 10. The molecule has 11 heteroatoms. The number of alkyl halides is 1. The van der Waals surface area contributed by atoms with Gasteiger partial charge in [0.15, 0.2) is 0 Å². The molecule has 1 aromatic carbocycles. The van der Waals surface area contributed by atoms with E-state index in [1.807, 2.05) is 12.1 Å². The summed E-state index contributed by atoms with van der Waals surface area (Å²) >= 11 is 0. The summed E-state index contributed by atoms with van der Waals surface area (Å²) in [7, 11) is 0. The van der Waals surface area contributed by atoms with Gasteiger partial charge < -0.3 is 30.3 Å². The lowest BCUT2D eigenvalue weighted by Crippen LogP contribution is -2.59. The zero-order valence-electron chi connectivity index (χ0n) is 25.5. The molecule has 7 rings (SSSR count). The first kappa shape index (κ1) is 29.7. The van der Waals surface area contributed by atoms with Crippen LogP contribution in [0.2, 0.25) is 0 Å². The highest BCUT2D eigenvalue weighted by Gasteiger charge is 2.49. The number of fused-ring (bicyclic) bond motifs is 4. The van der Waals surface area contributed by atoms with Crippen LogP contribution in [0.1, 0.15) is 92.2 Å². The van der Waals surface area contributed by atoms with Crippen molar-refractivity contribution in [2.24, 2.45) is 0 Å². The molecule has 236 valence electrons. The monoisotopic (exact) mass is 606 g/mol. The first-order valence-corrected chi connectivity index (χ1v) is 16.2. The lowest BCUT2D eigenvalue weighted by Gasteiger charge is -2.50. The molecule has 5 heterocycles. The van der Waals surface area contributed by atoms with E-state index in [9.17, 15) is 19.9 Å². The van der Waals surface area contributed by atoms with Crippen molar-refractivity contribution in [3.8, 4) is 12.1 Å². The van der Waals surface area contributed by atoms with Gasteiger partial charge in [0, 0.05) is 54.4 Å². The lowest BCUT2D eigenvalue weighted by atomic mass is 9.69. The number of nitrogens with two attached hydrogens (primary N) is 1. The van der Waals surface area contributed by atoms with Gasteiger partial charge in [-0.3, -0.25) is 4.90 Å². The van der Waals surface area contributed by atoms with Gasteiger partial charge in [-0.1, -0.05) is 13.0 Å². The lowest BCUT2D eigenvalue weighted by molar-refractivity contribution is -0.0874. The molecule has 5 aliphatic rings. The van der Waals surface area contributed by atoms with E-state index in [0.717, 1.165) is 61.0 Å². The maximum atomic E-state index is 14.4. The zero-order chi connectivity index (χ0) is 30.6. The summed E-state index contributed by atoms with van der Waals surface area (Å²) < 4.78 is 27.4. The summed E-state index contributed by atoms with van der Waals surface area (Å²) in [5.41, 5.74) is 9.94. The molecule has 44 heavy (non-hydrogen) atoms. The van der Waals surface area contributed by atoms with Crippen LogP contribution in [0, 0.1) is 11.3 Å². The van der Waals surface area contributed by atoms with Crippen molar-refractivity contribution in [2.45, 2.75) is 107 Å². The van der Waals surface area contributed by atoms with E-state index in [1.54, 1.807) is 0 Å². The van der Waals surface area contributed by atoms with Crippen LogP contribution in [0.5, 0.6) is 6.01 Å². The van der Waals surface area contributed by atoms with E-state index in [1.165, 1.54) is 0 Å². The molecule has 1 aromatic heterocycles. The summed E-state index contributed by atoms with van der Waals surface area (Å²) in [6, 6.07) is 6.37. The number of halogens is 1. The third-order valence-electron chi connectivity index (χ3n) is 11.2. The molecule has 3 saturated heterocycles. The highest BCUT2D eigenvalue weighted by atomic mass is 19.1. The van der Waals surface area contributed by atoms with Crippen LogP contribution >= 0.6 is 0 Å². The molecule has 4 aliphatic heterocycles. The average Bonchev–Trinajstić information content (AvgIpc) is 3.52.